The van der Waals surface area contributed by atoms with Gasteiger partial charge in [0, 0.05) is 35.3 Å². The molecule has 1 unspecified atom stereocenters. The predicted molar refractivity (Wildman–Crippen MR) is 68.3 cm³/mol. The maximum absolute atomic E-state index is 10.1. The quantitative estimate of drug-likeness (QED) is 0.931. The number of benzene rings is 1. The summed E-state index contributed by atoms with van der Waals surface area (Å²) < 4.78 is 1.70. The van der Waals surface area contributed by atoms with Gasteiger partial charge in [0.2, 0.25) is 0 Å². The Bertz CT molecular complexity index is 525. The van der Waals surface area contributed by atoms with Crippen LogP contribution in [-0.4, -0.2) is 14.9 Å². The topological polar surface area (TPSA) is 38.0 Å². The number of halogens is 2. The molecule has 1 atom stereocenters. The third-order valence-electron chi connectivity index (χ3n) is 2.50. The van der Waals surface area contributed by atoms with Crippen molar-refractivity contribution in [2.75, 3.05) is 0 Å². The lowest BCUT2D eigenvalue weighted by molar-refractivity contribution is 0.178. The lowest BCUT2D eigenvalue weighted by atomic mass is 10.0. The second-order valence-corrected chi connectivity index (χ2v) is 4.75. The van der Waals surface area contributed by atoms with Crippen molar-refractivity contribution in [3.8, 4) is 0 Å². The highest BCUT2D eigenvalue weighted by molar-refractivity contribution is 6.33. The predicted octanol–water partition coefficient (Wildman–Crippen LogP) is 3.00. The van der Waals surface area contributed by atoms with Crippen LogP contribution in [0.15, 0.2) is 30.6 Å². The van der Waals surface area contributed by atoms with E-state index in [4.69, 9.17) is 23.2 Å². The van der Waals surface area contributed by atoms with Crippen LogP contribution in [0, 0.1) is 0 Å². The van der Waals surface area contributed by atoms with Crippen molar-refractivity contribution in [1.29, 1.82) is 0 Å². The Morgan fingerprint density at radius 2 is 2.18 bits per heavy atom. The van der Waals surface area contributed by atoms with E-state index < -0.39 is 6.10 Å². The van der Waals surface area contributed by atoms with Gasteiger partial charge in [-0.3, -0.25) is 4.68 Å². The molecular weight excluding hydrogens is 259 g/mol. The zero-order chi connectivity index (χ0) is 12.4. The second kappa shape index (κ2) is 5.08. The molecule has 0 amide bonds. The molecule has 0 bridgehead atoms. The highest BCUT2D eigenvalue weighted by Gasteiger charge is 2.13. The Kier molecular flexibility index (Phi) is 3.72. The van der Waals surface area contributed by atoms with Crippen molar-refractivity contribution in [3.63, 3.8) is 0 Å². The highest BCUT2D eigenvalue weighted by Crippen LogP contribution is 2.28. The van der Waals surface area contributed by atoms with Crippen molar-refractivity contribution in [2.45, 2.75) is 12.5 Å². The summed E-state index contributed by atoms with van der Waals surface area (Å²) >= 11 is 11.9. The summed E-state index contributed by atoms with van der Waals surface area (Å²) in [7, 11) is 1.84. The van der Waals surface area contributed by atoms with Gasteiger partial charge in [-0.1, -0.05) is 23.2 Å². The minimum atomic E-state index is -0.676. The van der Waals surface area contributed by atoms with Gasteiger partial charge in [-0.2, -0.15) is 5.10 Å². The maximum atomic E-state index is 10.1. The fourth-order valence-electron chi connectivity index (χ4n) is 1.68. The van der Waals surface area contributed by atoms with E-state index in [9.17, 15) is 5.11 Å². The molecule has 2 rings (SSSR count). The molecule has 1 heterocycles. The molecule has 0 aliphatic rings. The molecule has 0 aliphatic carbocycles. The summed E-state index contributed by atoms with van der Waals surface area (Å²) in [6, 6.07) is 5.07. The molecule has 0 fully saturated rings. The van der Waals surface area contributed by atoms with Gasteiger partial charge in [-0.15, -0.1) is 0 Å². The summed E-state index contributed by atoms with van der Waals surface area (Å²) in [6.07, 6.45) is 3.38. The number of aryl methyl sites for hydroxylation is 1. The number of aliphatic hydroxyl groups is 1. The van der Waals surface area contributed by atoms with E-state index in [1.54, 1.807) is 29.1 Å². The smallest absolute Gasteiger partial charge is 0.0846 e. The van der Waals surface area contributed by atoms with Gasteiger partial charge in [0.15, 0.2) is 0 Å². The van der Waals surface area contributed by atoms with Crippen molar-refractivity contribution < 1.29 is 5.11 Å². The molecule has 1 aromatic carbocycles. The molecule has 0 aliphatic heterocycles. The number of aromatic nitrogens is 2. The van der Waals surface area contributed by atoms with Gasteiger partial charge < -0.3 is 5.11 Å². The van der Waals surface area contributed by atoms with E-state index in [0.717, 1.165) is 5.56 Å². The molecule has 0 saturated heterocycles. The lowest BCUT2D eigenvalue weighted by Crippen LogP contribution is -2.02. The summed E-state index contributed by atoms with van der Waals surface area (Å²) in [5.41, 5.74) is 1.60. The summed E-state index contributed by atoms with van der Waals surface area (Å²) in [6.45, 7) is 0. The van der Waals surface area contributed by atoms with Crippen LogP contribution < -0.4 is 0 Å². The Balaban J connectivity index is 2.19. The SMILES string of the molecule is Cn1cc(CC(O)c2cc(Cl)ccc2Cl)cn1. The van der Waals surface area contributed by atoms with E-state index >= 15 is 0 Å². The Labute approximate surface area is 110 Å². The third kappa shape index (κ3) is 3.00. The molecule has 5 heteroatoms. The molecule has 1 N–H and O–H groups in total. The molecule has 2 aromatic rings. The van der Waals surface area contributed by atoms with Crippen molar-refractivity contribution >= 4 is 23.2 Å². The number of aliphatic hydroxyl groups excluding tert-OH is 1. The van der Waals surface area contributed by atoms with Crippen molar-refractivity contribution in [2.24, 2.45) is 7.05 Å². The number of nitrogens with zero attached hydrogens (tertiary/aromatic N) is 2. The van der Waals surface area contributed by atoms with Crippen LogP contribution in [0.3, 0.4) is 0 Å². The lowest BCUT2D eigenvalue weighted by Gasteiger charge is -2.11. The highest BCUT2D eigenvalue weighted by atomic mass is 35.5. The number of hydrogen-bond acceptors (Lipinski definition) is 2. The van der Waals surface area contributed by atoms with E-state index in [1.807, 2.05) is 13.2 Å². The van der Waals surface area contributed by atoms with Crippen molar-refractivity contribution in [1.82, 2.24) is 9.78 Å². The van der Waals surface area contributed by atoms with Crippen molar-refractivity contribution in [3.05, 3.63) is 51.8 Å². The van der Waals surface area contributed by atoms with Gasteiger partial charge in [-0.05, 0) is 23.8 Å². The first-order valence-corrected chi connectivity index (χ1v) is 5.92. The van der Waals surface area contributed by atoms with Gasteiger partial charge in [-0.25, -0.2) is 0 Å². The van der Waals surface area contributed by atoms with Gasteiger partial charge >= 0.3 is 0 Å². The van der Waals surface area contributed by atoms with Gasteiger partial charge in [0.1, 0.15) is 0 Å². The fraction of sp³-hybridized carbons (Fsp3) is 0.250. The van der Waals surface area contributed by atoms with Gasteiger partial charge in [0.05, 0.1) is 12.3 Å². The summed E-state index contributed by atoms with van der Waals surface area (Å²) in [4.78, 5) is 0. The molecule has 0 spiro atoms. The Hall–Kier alpha value is -1.03. The van der Waals surface area contributed by atoms with E-state index in [2.05, 4.69) is 5.10 Å². The molecule has 0 saturated carbocycles. The standard InChI is InChI=1S/C12H12Cl2N2O/c1-16-7-8(6-15-16)4-12(17)10-5-9(13)2-3-11(10)14/h2-3,5-7,12,17H,4H2,1H3. The zero-order valence-corrected chi connectivity index (χ0v) is 10.8. The number of hydrogen-bond donors (Lipinski definition) is 1. The van der Waals surface area contributed by atoms with Crippen LogP contribution in [0.25, 0.3) is 0 Å². The van der Waals surface area contributed by atoms with Crippen LogP contribution in [0.2, 0.25) is 10.0 Å². The average molecular weight is 271 g/mol. The monoisotopic (exact) mass is 270 g/mol. The van der Waals surface area contributed by atoms with Gasteiger partial charge in [0.25, 0.3) is 0 Å². The second-order valence-electron chi connectivity index (χ2n) is 3.91. The minimum absolute atomic E-state index is 0.466. The third-order valence-corrected chi connectivity index (χ3v) is 3.08. The first-order valence-electron chi connectivity index (χ1n) is 5.17. The summed E-state index contributed by atoms with van der Waals surface area (Å²) in [5.74, 6) is 0. The molecule has 17 heavy (non-hydrogen) atoms. The Morgan fingerprint density at radius 1 is 1.41 bits per heavy atom. The normalized spacial score (nSPS) is 12.7. The summed E-state index contributed by atoms with van der Waals surface area (Å²) in [5, 5.41) is 15.2. The van der Waals surface area contributed by atoms with Crippen LogP contribution in [0.5, 0.6) is 0 Å². The van der Waals surface area contributed by atoms with Crippen LogP contribution in [0.1, 0.15) is 17.2 Å². The van der Waals surface area contributed by atoms with E-state index in [0.29, 0.717) is 22.0 Å². The number of rotatable bonds is 3. The largest absolute Gasteiger partial charge is 0.388 e. The zero-order valence-electron chi connectivity index (χ0n) is 9.27. The maximum Gasteiger partial charge on any atom is 0.0846 e. The first-order chi connectivity index (χ1) is 8.06. The molecular formula is C12H12Cl2N2O. The van der Waals surface area contributed by atoms with Crippen LogP contribution in [-0.2, 0) is 13.5 Å². The molecule has 0 radical (unpaired) electrons. The molecule has 3 nitrogen and oxygen atoms in total. The van der Waals surface area contributed by atoms with E-state index in [1.165, 1.54) is 0 Å². The van der Waals surface area contributed by atoms with Crippen LogP contribution in [0.4, 0.5) is 0 Å². The van der Waals surface area contributed by atoms with E-state index in [-0.39, 0.29) is 0 Å². The molecule has 1 aromatic heterocycles. The fourth-order valence-corrected chi connectivity index (χ4v) is 2.10. The molecule has 90 valence electrons. The average Bonchev–Trinajstić information content (AvgIpc) is 2.67. The Morgan fingerprint density at radius 3 is 2.82 bits per heavy atom. The minimum Gasteiger partial charge on any atom is -0.388 e. The van der Waals surface area contributed by atoms with Crippen LogP contribution >= 0.6 is 23.2 Å². The first kappa shape index (κ1) is 12.4.